The topological polar surface area (TPSA) is 49.3 Å². The molecule has 2 N–H and O–H groups in total. The highest BCUT2D eigenvalue weighted by molar-refractivity contribution is 5.70. The van der Waals surface area contributed by atoms with E-state index in [0.29, 0.717) is 12.6 Å². The quantitative estimate of drug-likeness (QED) is 0.880. The molecule has 0 radical (unpaired) electrons. The molecule has 0 atom stereocenters. The summed E-state index contributed by atoms with van der Waals surface area (Å²) >= 11 is 0. The zero-order valence-electron chi connectivity index (χ0n) is 11.2. The maximum atomic E-state index is 13.0. The summed E-state index contributed by atoms with van der Waals surface area (Å²) in [7, 11) is 0. The van der Waals surface area contributed by atoms with E-state index >= 15 is 0 Å². The molecule has 0 aliphatic heterocycles. The molecule has 0 heterocycles. The maximum absolute atomic E-state index is 13.0. The Kier molecular flexibility index (Phi) is 4.53. The fourth-order valence-corrected chi connectivity index (χ4v) is 2.66. The predicted octanol–water partition coefficient (Wildman–Crippen LogP) is 2.87. The van der Waals surface area contributed by atoms with Crippen LogP contribution in [0.3, 0.4) is 0 Å². The molecule has 1 aromatic rings. The fourth-order valence-electron chi connectivity index (χ4n) is 2.66. The summed E-state index contributed by atoms with van der Waals surface area (Å²) in [5.41, 5.74) is 2.05. The van der Waals surface area contributed by atoms with Crippen molar-refractivity contribution < 1.29 is 14.3 Å². The summed E-state index contributed by atoms with van der Waals surface area (Å²) in [5, 5.41) is 12.4. The Morgan fingerprint density at radius 1 is 1.37 bits per heavy atom. The Hall–Kier alpha value is -1.42. The first-order chi connectivity index (χ1) is 9.06. The molecule has 1 aliphatic carbocycles. The predicted molar refractivity (Wildman–Crippen MR) is 71.4 cm³/mol. The van der Waals surface area contributed by atoms with E-state index in [0.717, 1.165) is 36.8 Å². The van der Waals surface area contributed by atoms with Gasteiger partial charge in [0.1, 0.15) is 5.82 Å². The third kappa shape index (κ3) is 3.77. The molecular formula is C15H20FNO2. The average Bonchev–Trinajstić information content (AvgIpc) is 2.38. The van der Waals surface area contributed by atoms with Gasteiger partial charge in [0.05, 0.1) is 5.92 Å². The number of rotatable bonds is 4. The van der Waals surface area contributed by atoms with Crippen molar-refractivity contribution in [1.82, 2.24) is 5.32 Å². The third-order valence-electron chi connectivity index (χ3n) is 3.96. The lowest BCUT2D eigenvalue weighted by Gasteiger charge is -2.27. The molecule has 1 aromatic carbocycles. The Morgan fingerprint density at radius 3 is 2.63 bits per heavy atom. The van der Waals surface area contributed by atoms with Crippen LogP contribution in [0.4, 0.5) is 4.39 Å². The lowest BCUT2D eigenvalue weighted by Crippen LogP contribution is -2.34. The van der Waals surface area contributed by atoms with Gasteiger partial charge in [0, 0.05) is 12.6 Å². The minimum Gasteiger partial charge on any atom is -0.481 e. The van der Waals surface area contributed by atoms with Gasteiger partial charge in [0.15, 0.2) is 0 Å². The van der Waals surface area contributed by atoms with E-state index in [-0.39, 0.29) is 11.7 Å². The molecule has 0 unspecified atom stereocenters. The molecule has 0 bridgehead atoms. The van der Waals surface area contributed by atoms with Crippen molar-refractivity contribution in [2.24, 2.45) is 5.92 Å². The Balaban J connectivity index is 1.82. The van der Waals surface area contributed by atoms with Gasteiger partial charge in [-0.15, -0.1) is 0 Å². The SMILES string of the molecule is Cc1cc(F)ccc1CNC1CCC(C(=O)O)CC1. The second-order valence-electron chi connectivity index (χ2n) is 5.34. The average molecular weight is 265 g/mol. The van der Waals surface area contributed by atoms with Gasteiger partial charge < -0.3 is 10.4 Å². The van der Waals surface area contributed by atoms with Crippen molar-refractivity contribution in [3.05, 3.63) is 35.1 Å². The number of carboxylic acids is 1. The van der Waals surface area contributed by atoms with Crippen LogP contribution in [0.25, 0.3) is 0 Å². The summed E-state index contributed by atoms with van der Waals surface area (Å²) in [6.45, 7) is 2.62. The van der Waals surface area contributed by atoms with Crippen molar-refractivity contribution in [2.45, 2.75) is 45.2 Å². The van der Waals surface area contributed by atoms with Crippen LogP contribution in [0.5, 0.6) is 0 Å². The molecule has 0 aromatic heterocycles. The van der Waals surface area contributed by atoms with E-state index in [1.54, 1.807) is 12.1 Å². The number of nitrogens with one attached hydrogen (secondary N) is 1. The van der Waals surface area contributed by atoms with Gasteiger partial charge in [-0.1, -0.05) is 6.07 Å². The summed E-state index contributed by atoms with van der Waals surface area (Å²) in [5.74, 6) is -1.05. The van der Waals surface area contributed by atoms with Crippen molar-refractivity contribution >= 4 is 5.97 Å². The van der Waals surface area contributed by atoms with Crippen molar-refractivity contribution in [3.63, 3.8) is 0 Å². The van der Waals surface area contributed by atoms with Crippen LogP contribution < -0.4 is 5.32 Å². The van der Waals surface area contributed by atoms with Crippen molar-refractivity contribution in [1.29, 1.82) is 0 Å². The van der Waals surface area contributed by atoms with Gasteiger partial charge in [0.2, 0.25) is 0 Å². The number of benzene rings is 1. The molecule has 4 heteroatoms. The van der Waals surface area contributed by atoms with Crippen LogP contribution in [0, 0.1) is 18.7 Å². The van der Waals surface area contributed by atoms with Crippen LogP contribution in [-0.4, -0.2) is 17.1 Å². The van der Waals surface area contributed by atoms with Gasteiger partial charge in [-0.05, 0) is 55.9 Å². The van der Waals surface area contributed by atoms with E-state index in [1.807, 2.05) is 6.92 Å². The summed E-state index contributed by atoms with van der Waals surface area (Å²) in [6, 6.07) is 5.20. The van der Waals surface area contributed by atoms with E-state index < -0.39 is 5.97 Å². The van der Waals surface area contributed by atoms with E-state index in [4.69, 9.17) is 5.11 Å². The van der Waals surface area contributed by atoms with Crippen LogP contribution >= 0.6 is 0 Å². The second kappa shape index (κ2) is 6.15. The first-order valence-corrected chi connectivity index (χ1v) is 6.77. The second-order valence-corrected chi connectivity index (χ2v) is 5.34. The molecular weight excluding hydrogens is 245 g/mol. The third-order valence-corrected chi connectivity index (χ3v) is 3.96. The number of halogens is 1. The number of aryl methyl sites for hydroxylation is 1. The first-order valence-electron chi connectivity index (χ1n) is 6.77. The van der Waals surface area contributed by atoms with Gasteiger partial charge in [0.25, 0.3) is 0 Å². The summed E-state index contributed by atoms with van der Waals surface area (Å²) in [6.07, 6.45) is 3.29. The summed E-state index contributed by atoms with van der Waals surface area (Å²) < 4.78 is 13.0. The van der Waals surface area contributed by atoms with Gasteiger partial charge in [-0.25, -0.2) is 4.39 Å². The Morgan fingerprint density at radius 2 is 2.05 bits per heavy atom. The molecule has 1 fully saturated rings. The van der Waals surface area contributed by atoms with E-state index in [2.05, 4.69) is 5.32 Å². The number of hydrogen-bond acceptors (Lipinski definition) is 2. The number of carbonyl (C=O) groups is 1. The zero-order chi connectivity index (χ0) is 13.8. The van der Waals surface area contributed by atoms with Crippen LogP contribution in [0.15, 0.2) is 18.2 Å². The van der Waals surface area contributed by atoms with E-state index in [9.17, 15) is 9.18 Å². The lowest BCUT2D eigenvalue weighted by molar-refractivity contribution is -0.142. The lowest BCUT2D eigenvalue weighted by atomic mass is 9.86. The van der Waals surface area contributed by atoms with Gasteiger partial charge in [-0.3, -0.25) is 4.79 Å². The minimum atomic E-state index is -0.673. The largest absolute Gasteiger partial charge is 0.481 e. The molecule has 3 nitrogen and oxygen atoms in total. The van der Waals surface area contributed by atoms with Crippen LogP contribution in [-0.2, 0) is 11.3 Å². The number of hydrogen-bond donors (Lipinski definition) is 2. The van der Waals surface area contributed by atoms with Crippen molar-refractivity contribution in [3.8, 4) is 0 Å². The highest BCUT2D eigenvalue weighted by atomic mass is 19.1. The van der Waals surface area contributed by atoms with Crippen molar-refractivity contribution in [2.75, 3.05) is 0 Å². The summed E-state index contributed by atoms with van der Waals surface area (Å²) in [4.78, 5) is 10.9. The number of aliphatic carboxylic acids is 1. The highest BCUT2D eigenvalue weighted by Gasteiger charge is 2.25. The monoisotopic (exact) mass is 265 g/mol. The Bertz CT molecular complexity index is 453. The molecule has 1 saturated carbocycles. The molecule has 0 spiro atoms. The number of carboxylic acid groups (broad SMARTS) is 1. The molecule has 0 saturated heterocycles. The molecule has 104 valence electrons. The van der Waals surface area contributed by atoms with Crippen LogP contribution in [0.1, 0.15) is 36.8 Å². The maximum Gasteiger partial charge on any atom is 0.306 e. The van der Waals surface area contributed by atoms with Crippen LogP contribution in [0.2, 0.25) is 0 Å². The highest BCUT2D eigenvalue weighted by Crippen LogP contribution is 2.24. The first kappa shape index (κ1) is 14.0. The Labute approximate surface area is 112 Å². The molecule has 0 amide bonds. The minimum absolute atomic E-state index is 0.175. The molecule has 19 heavy (non-hydrogen) atoms. The smallest absolute Gasteiger partial charge is 0.306 e. The van der Waals surface area contributed by atoms with E-state index in [1.165, 1.54) is 6.07 Å². The fraction of sp³-hybridized carbons (Fsp3) is 0.533. The molecule has 2 rings (SSSR count). The molecule has 1 aliphatic rings. The standard InChI is InChI=1S/C15H20FNO2/c1-10-8-13(16)5-2-12(10)9-17-14-6-3-11(4-7-14)15(18)19/h2,5,8,11,14,17H,3-4,6-7,9H2,1H3,(H,18,19). The van der Waals surface area contributed by atoms with Gasteiger partial charge in [-0.2, -0.15) is 0 Å². The normalized spacial score (nSPS) is 23.3. The van der Waals surface area contributed by atoms with Gasteiger partial charge >= 0.3 is 5.97 Å². The zero-order valence-corrected chi connectivity index (χ0v) is 11.2.